The van der Waals surface area contributed by atoms with Crippen LogP contribution in [0.3, 0.4) is 0 Å². The van der Waals surface area contributed by atoms with E-state index >= 15 is 4.79 Å². The molecule has 76 heavy (non-hydrogen) atoms. The van der Waals surface area contributed by atoms with Crippen LogP contribution in [0.15, 0.2) is 200 Å². The first-order valence-electron chi connectivity index (χ1n) is 24.9. The van der Waals surface area contributed by atoms with Crippen LogP contribution in [0.1, 0.15) is 95.3 Å². The minimum absolute atomic E-state index is 0.0123. The lowest BCUT2D eigenvalue weighted by Crippen LogP contribution is -2.58. The Kier molecular flexibility index (Phi) is 15.4. The Labute approximate surface area is 440 Å². The summed E-state index contributed by atoms with van der Waals surface area (Å²) >= 11 is 0. The van der Waals surface area contributed by atoms with Gasteiger partial charge in [-0.1, -0.05) is 182 Å². The van der Waals surface area contributed by atoms with Crippen molar-refractivity contribution >= 4 is 35.3 Å². The van der Waals surface area contributed by atoms with Crippen LogP contribution in [0.2, 0.25) is 0 Å². The van der Waals surface area contributed by atoms with Crippen molar-refractivity contribution in [2.75, 3.05) is 6.61 Å². The Morgan fingerprint density at radius 3 is 1.55 bits per heavy atom. The maximum Gasteiger partial charge on any atom is 0.408 e. The maximum absolute atomic E-state index is 15.1. The van der Waals surface area contributed by atoms with Crippen LogP contribution < -0.4 is 15.4 Å². The van der Waals surface area contributed by atoms with Crippen molar-refractivity contribution in [2.24, 2.45) is 0 Å². The summed E-state index contributed by atoms with van der Waals surface area (Å²) in [6.45, 7) is 3.44. The number of ketones is 3. The lowest BCUT2D eigenvalue weighted by Gasteiger charge is -2.37. The predicted octanol–water partition coefficient (Wildman–Crippen LogP) is 10.9. The van der Waals surface area contributed by atoms with Crippen LogP contribution in [-0.2, 0) is 39.1 Å². The average Bonchev–Trinajstić information content (AvgIpc) is 3.76. The molecule has 0 aliphatic heterocycles. The van der Waals surface area contributed by atoms with Gasteiger partial charge in [0, 0.05) is 36.3 Å². The second kappa shape index (κ2) is 22.8. The van der Waals surface area contributed by atoms with Gasteiger partial charge in [-0.3, -0.25) is 19.2 Å². The predicted molar refractivity (Wildman–Crippen MR) is 288 cm³/mol. The van der Waals surface area contributed by atoms with E-state index in [0.717, 1.165) is 22.3 Å². The molecule has 0 heterocycles. The lowest BCUT2D eigenvalue weighted by molar-refractivity contribution is -0.131. The topological polar surface area (TPSA) is 185 Å². The zero-order chi connectivity index (χ0) is 53.3. The lowest BCUT2D eigenvalue weighted by atomic mass is 9.76. The number of aromatic hydroxyl groups is 1. The largest absolute Gasteiger partial charge is 0.504 e. The number of rotatable bonds is 20. The Morgan fingerprint density at radius 2 is 1.04 bits per heavy atom. The van der Waals surface area contributed by atoms with E-state index in [4.69, 9.17) is 9.47 Å². The number of carboxylic acid groups (broad SMARTS) is 1. The second-order valence-corrected chi connectivity index (χ2v) is 18.9. The zero-order valence-corrected chi connectivity index (χ0v) is 41.8. The fourth-order valence-corrected chi connectivity index (χ4v) is 9.87. The zero-order valence-electron chi connectivity index (χ0n) is 41.8. The van der Waals surface area contributed by atoms with Crippen LogP contribution >= 0.6 is 0 Å². The van der Waals surface area contributed by atoms with Gasteiger partial charge in [0.1, 0.15) is 12.1 Å². The molecule has 2 amide bonds. The number of carbonyl (C=O) groups excluding carboxylic acids is 5. The van der Waals surface area contributed by atoms with Crippen molar-refractivity contribution in [3.63, 3.8) is 0 Å². The molecular formula is C64H54N2O10. The first kappa shape index (κ1) is 51.5. The summed E-state index contributed by atoms with van der Waals surface area (Å²) in [7, 11) is 0. The molecule has 0 spiro atoms. The van der Waals surface area contributed by atoms with E-state index < -0.39 is 53.0 Å². The molecule has 9 rings (SSSR count). The number of phenolic OH excluding ortho intramolecular Hbond substituents is 1. The highest BCUT2D eigenvalue weighted by atomic mass is 16.5. The summed E-state index contributed by atoms with van der Waals surface area (Å²) in [5.41, 5.74) is 6.54. The molecule has 4 N–H and O–H groups in total. The number of carboxylic acids is 1. The molecular weight excluding hydrogens is 957 g/mol. The highest BCUT2D eigenvalue weighted by molar-refractivity contribution is 6.09. The summed E-state index contributed by atoms with van der Waals surface area (Å²) in [4.78, 5) is 82.5. The Bertz CT molecular complexity index is 3290. The van der Waals surface area contributed by atoms with Crippen molar-refractivity contribution in [1.29, 1.82) is 0 Å². The van der Waals surface area contributed by atoms with Crippen LogP contribution in [0.5, 0.6) is 11.5 Å². The van der Waals surface area contributed by atoms with Gasteiger partial charge in [0.15, 0.2) is 34.9 Å². The minimum atomic E-state index is -1.74. The highest BCUT2D eigenvalue weighted by Crippen LogP contribution is 2.45. The Balaban J connectivity index is 0.966. The van der Waals surface area contributed by atoms with Crippen LogP contribution in [0.25, 0.3) is 11.1 Å². The molecule has 0 unspecified atom stereocenters. The number of amides is 2. The summed E-state index contributed by atoms with van der Waals surface area (Å²) in [6.07, 6.45) is -2.03. The number of carbonyl (C=O) groups is 6. The molecule has 0 bridgehead atoms. The van der Waals surface area contributed by atoms with E-state index in [9.17, 15) is 34.2 Å². The van der Waals surface area contributed by atoms with Crippen molar-refractivity contribution in [1.82, 2.24) is 10.6 Å². The molecule has 0 radical (unpaired) electrons. The van der Waals surface area contributed by atoms with Crippen LogP contribution in [0, 0.1) is 0 Å². The van der Waals surface area contributed by atoms with Crippen molar-refractivity contribution in [2.45, 2.75) is 56.7 Å². The fraction of sp³-hybridized carbons (Fsp3) is 0.156. The summed E-state index contributed by atoms with van der Waals surface area (Å²) < 4.78 is 11.9. The molecule has 1 aliphatic carbocycles. The molecule has 12 heteroatoms. The molecule has 1 atom stereocenters. The molecule has 1 aliphatic rings. The second-order valence-electron chi connectivity index (χ2n) is 18.9. The number of fused-ring (bicyclic) bond motifs is 3. The Hall–Kier alpha value is -9.42. The molecule has 0 aromatic heterocycles. The number of benzene rings is 8. The number of alkyl carbamates (subject to hydrolysis) is 1. The third-order valence-electron chi connectivity index (χ3n) is 13.6. The normalized spacial score (nSPS) is 12.2. The SMILES string of the molecule is CC(C)Oc1c(CC(=O)c2ccc(CC(=O)[C@@H](NC(=O)OCC3c4ccccc4-c4ccccc43)C(=O)NC(c3ccccc3)(c3ccccc3)c3ccccc3)cc2)ccc(C(=O)Cc2ccc(C(=O)O)cc2)c1O. The molecule has 380 valence electrons. The number of Topliss-reactive ketones (excluding diaryl/α,β-unsaturated/α-hetero) is 3. The number of hydrogen-bond donors (Lipinski definition) is 4. The van der Waals surface area contributed by atoms with Crippen molar-refractivity contribution in [3.8, 4) is 22.6 Å². The molecule has 0 saturated carbocycles. The summed E-state index contributed by atoms with van der Waals surface area (Å²) in [6, 6.07) is 57.4. The van der Waals surface area contributed by atoms with Crippen LogP contribution in [-0.4, -0.2) is 64.3 Å². The highest BCUT2D eigenvalue weighted by Gasteiger charge is 2.42. The van der Waals surface area contributed by atoms with Crippen molar-refractivity contribution in [3.05, 3.63) is 261 Å². The van der Waals surface area contributed by atoms with Gasteiger partial charge in [-0.2, -0.15) is 0 Å². The van der Waals surface area contributed by atoms with E-state index in [-0.39, 0.29) is 60.0 Å². The van der Waals surface area contributed by atoms with E-state index in [2.05, 4.69) is 10.6 Å². The van der Waals surface area contributed by atoms with Gasteiger partial charge in [0.25, 0.3) is 5.91 Å². The van der Waals surface area contributed by atoms with Gasteiger partial charge < -0.3 is 30.3 Å². The van der Waals surface area contributed by atoms with Gasteiger partial charge >= 0.3 is 12.1 Å². The van der Waals surface area contributed by atoms with Crippen LogP contribution in [0.4, 0.5) is 4.79 Å². The number of aromatic carboxylic acids is 1. The monoisotopic (exact) mass is 1010 g/mol. The van der Waals surface area contributed by atoms with E-state index in [0.29, 0.717) is 33.4 Å². The number of nitrogens with one attached hydrogen (secondary N) is 2. The molecule has 8 aromatic carbocycles. The van der Waals surface area contributed by atoms with E-state index in [1.165, 1.54) is 30.3 Å². The average molecular weight is 1010 g/mol. The number of ether oxygens (including phenoxy) is 2. The third-order valence-corrected chi connectivity index (χ3v) is 13.6. The number of phenols is 1. The van der Waals surface area contributed by atoms with Gasteiger partial charge in [0.2, 0.25) is 0 Å². The minimum Gasteiger partial charge on any atom is -0.504 e. The van der Waals surface area contributed by atoms with Gasteiger partial charge in [-0.25, -0.2) is 9.59 Å². The Morgan fingerprint density at radius 1 is 0.553 bits per heavy atom. The maximum atomic E-state index is 15.1. The third kappa shape index (κ3) is 11.1. The fourth-order valence-electron chi connectivity index (χ4n) is 9.87. The summed E-state index contributed by atoms with van der Waals surface area (Å²) in [5.74, 6) is -4.02. The first-order chi connectivity index (χ1) is 36.8. The molecule has 0 fully saturated rings. The standard InChI is InChI=1S/C64H54N2O10/c1-40(2)76-60-45(34-35-53(59(60)70)56(68)36-41-28-32-44(33-29-41)62(72)73)38-55(67)43-30-26-42(27-31-43)37-57(69)58(65-63(74)75-39-54-51-24-14-12-22-49(51)50-23-13-15-25-52(50)54)61(71)66-64(46-16-6-3-7-17-46,47-18-8-4-9-19-47)48-20-10-5-11-21-48/h3-35,40,54,58,70H,36-39H2,1-2H3,(H,65,74)(H,66,71)(H,72,73)/t58-/m1/s1. The number of hydrogen-bond acceptors (Lipinski definition) is 9. The van der Waals surface area contributed by atoms with Gasteiger partial charge in [-0.15, -0.1) is 0 Å². The smallest absolute Gasteiger partial charge is 0.408 e. The molecule has 8 aromatic rings. The molecule has 12 nitrogen and oxygen atoms in total. The quantitative estimate of drug-likeness (QED) is 0.0325. The summed E-state index contributed by atoms with van der Waals surface area (Å²) in [5, 5.41) is 26.5. The van der Waals surface area contributed by atoms with Gasteiger partial charge in [-0.05, 0) is 82.1 Å². The van der Waals surface area contributed by atoms with E-state index in [1.807, 2.05) is 140 Å². The van der Waals surface area contributed by atoms with Gasteiger partial charge in [0.05, 0.1) is 17.2 Å². The molecule has 0 saturated heterocycles. The van der Waals surface area contributed by atoms with Crippen molar-refractivity contribution < 1.29 is 48.5 Å². The van der Waals surface area contributed by atoms with E-state index in [1.54, 1.807) is 44.2 Å². The first-order valence-corrected chi connectivity index (χ1v) is 24.9.